The van der Waals surface area contributed by atoms with E-state index < -0.39 is 0 Å². The lowest BCUT2D eigenvalue weighted by atomic mass is 10.0. The fourth-order valence-corrected chi connectivity index (χ4v) is 1.66. The van der Waals surface area contributed by atoms with Gasteiger partial charge in [0.05, 0.1) is 12.7 Å². The predicted octanol–water partition coefficient (Wildman–Crippen LogP) is 2.43. The van der Waals surface area contributed by atoms with Gasteiger partial charge >= 0.3 is 0 Å². The van der Waals surface area contributed by atoms with Crippen LogP contribution < -0.4 is 15.2 Å². The minimum Gasteiger partial charge on any atom is -0.496 e. The molecule has 0 heterocycles. The molecule has 1 rings (SSSR count). The number of nitrogens with zero attached hydrogens (tertiary/aromatic N) is 1. The van der Waals surface area contributed by atoms with Gasteiger partial charge < -0.3 is 20.1 Å². The Kier molecular flexibility index (Phi) is 5.20. The summed E-state index contributed by atoms with van der Waals surface area (Å²) >= 11 is 0. The van der Waals surface area contributed by atoms with Crippen molar-refractivity contribution in [2.45, 2.75) is 32.4 Å². The van der Waals surface area contributed by atoms with Crippen LogP contribution >= 0.6 is 0 Å². The van der Waals surface area contributed by atoms with Gasteiger partial charge in [-0.05, 0) is 47.0 Å². The molecule has 0 aromatic heterocycles. The van der Waals surface area contributed by atoms with Crippen LogP contribution in [0.3, 0.4) is 0 Å². The second-order valence-electron chi connectivity index (χ2n) is 5.66. The first-order valence-electron chi connectivity index (χ1n) is 6.52. The molecule has 1 aromatic carbocycles. The molecule has 0 bridgehead atoms. The van der Waals surface area contributed by atoms with Crippen molar-refractivity contribution in [1.29, 1.82) is 0 Å². The van der Waals surface area contributed by atoms with E-state index in [1.54, 1.807) is 7.11 Å². The molecule has 0 aliphatic rings. The molecular weight excluding hydrogens is 240 g/mol. The van der Waals surface area contributed by atoms with Gasteiger partial charge in [0, 0.05) is 11.6 Å². The molecule has 0 unspecified atom stereocenters. The first kappa shape index (κ1) is 15.8. The number of likely N-dealkylation sites (N-methyl/N-ethyl adjacent to an activating group) is 1. The molecular formula is C15H26N2O2. The van der Waals surface area contributed by atoms with E-state index in [0.717, 1.165) is 17.1 Å². The SMILES string of the molecule is COc1cccc(OCC(C)(C)N(C)C)c1[C@H](C)N. The van der Waals surface area contributed by atoms with E-state index in [1.165, 1.54) is 0 Å². The number of nitrogens with two attached hydrogens (primary N) is 1. The highest BCUT2D eigenvalue weighted by Gasteiger charge is 2.23. The Labute approximate surface area is 116 Å². The molecule has 0 saturated heterocycles. The van der Waals surface area contributed by atoms with Gasteiger partial charge in [-0.25, -0.2) is 0 Å². The summed E-state index contributed by atoms with van der Waals surface area (Å²) in [4.78, 5) is 2.14. The third kappa shape index (κ3) is 3.85. The van der Waals surface area contributed by atoms with Crippen LogP contribution in [0.15, 0.2) is 18.2 Å². The van der Waals surface area contributed by atoms with E-state index in [-0.39, 0.29) is 11.6 Å². The quantitative estimate of drug-likeness (QED) is 0.859. The van der Waals surface area contributed by atoms with Crippen LogP contribution in [-0.2, 0) is 0 Å². The van der Waals surface area contributed by atoms with Crippen molar-refractivity contribution in [3.8, 4) is 11.5 Å². The topological polar surface area (TPSA) is 47.7 Å². The predicted molar refractivity (Wildman–Crippen MR) is 78.9 cm³/mol. The van der Waals surface area contributed by atoms with Crippen LogP contribution in [0.5, 0.6) is 11.5 Å². The molecule has 1 atom stereocenters. The van der Waals surface area contributed by atoms with E-state index in [0.29, 0.717) is 6.61 Å². The van der Waals surface area contributed by atoms with E-state index in [9.17, 15) is 0 Å². The summed E-state index contributed by atoms with van der Waals surface area (Å²) in [6, 6.07) is 5.63. The third-order valence-corrected chi connectivity index (χ3v) is 3.49. The maximum absolute atomic E-state index is 6.02. The van der Waals surface area contributed by atoms with Crippen molar-refractivity contribution >= 4 is 0 Å². The molecule has 0 fully saturated rings. The lowest BCUT2D eigenvalue weighted by Crippen LogP contribution is -2.43. The molecule has 0 aliphatic carbocycles. The Morgan fingerprint density at radius 3 is 2.32 bits per heavy atom. The highest BCUT2D eigenvalue weighted by molar-refractivity contribution is 5.46. The van der Waals surface area contributed by atoms with Crippen molar-refractivity contribution in [2.24, 2.45) is 5.73 Å². The summed E-state index contributed by atoms with van der Waals surface area (Å²) in [5.74, 6) is 1.57. The second kappa shape index (κ2) is 6.26. The van der Waals surface area contributed by atoms with Gasteiger partial charge in [0.2, 0.25) is 0 Å². The van der Waals surface area contributed by atoms with Gasteiger partial charge in [0.1, 0.15) is 18.1 Å². The van der Waals surface area contributed by atoms with Gasteiger partial charge in [-0.3, -0.25) is 0 Å². The maximum Gasteiger partial charge on any atom is 0.127 e. The fourth-order valence-electron chi connectivity index (χ4n) is 1.66. The normalized spacial score (nSPS) is 13.5. The maximum atomic E-state index is 6.02. The minimum atomic E-state index is -0.131. The Hall–Kier alpha value is -1.26. The molecule has 4 heteroatoms. The second-order valence-corrected chi connectivity index (χ2v) is 5.66. The molecule has 108 valence electrons. The van der Waals surface area contributed by atoms with Gasteiger partial charge in [-0.1, -0.05) is 6.07 Å². The first-order chi connectivity index (χ1) is 8.79. The number of ether oxygens (including phenoxy) is 2. The molecule has 0 amide bonds. The van der Waals surface area contributed by atoms with Gasteiger partial charge in [0.25, 0.3) is 0 Å². The first-order valence-corrected chi connectivity index (χ1v) is 6.52. The number of hydrogen-bond donors (Lipinski definition) is 1. The molecule has 0 radical (unpaired) electrons. The summed E-state index contributed by atoms with van der Waals surface area (Å²) in [5.41, 5.74) is 6.89. The molecule has 0 saturated carbocycles. The Balaban J connectivity index is 2.96. The van der Waals surface area contributed by atoms with Crippen molar-refractivity contribution in [2.75, 3.05) is 27.8 Å². The molecule has 0 aliphatic heterocycles. The number of benzene rings is 1. The number of methoxy groups -OCH3 is 1. The minimum absolute atomic E-state index is 0.0435. The van der Waals surface area contributed by atoms with Crippen molar-refractivity contribution in [1.82, 2.24) is 4.90 Å². The number of rotatable bonds is 6. The van der Waals surface area contributed by atoms with Crippen LogP contribution in [-0.4, -0.2) is 38.3 Å². The van der Waals surface area contributed by atoms with Crippen LogP contribution in [0, 0.1) is 0 Å². The van der Waals surface area contributed by atoms with E-state index in [4.69, 9.17) is 15.2 Å². The van der Waals surface area contributed by atoms with E-state index in [1.807, 2.05) is 39.2 Å². The Morgan fingerprint density at radius 2 is 1.84 bits per heavy atom. The standard InChI is InChI=1S/C15H26N2O2/c1-11(16)14-12(18-6)8-7-9-13(14)19-10-15(2,3)17(4)5/h7-9,11H,10,16H2,1-6H3/t11-/m0/s1. The lowest BCUT2D eigenvalue weighted by molar-refractivity contribution is 0.113. The van der Waals surface area contributed by atoms with Crippen LogP contribution in [0.1, 0.15) is 32.4 Å². The van der Waals surface area contributed by atoms with Crippen LogP contribution in [0.25, 0.3) is 0 Å². The zero-order chi connectivity index (χ0) is 14.6. The Morgan fingerprint density at radius 1 is 1.26 bits per heavy atom. The van der Waals surface area contributed by atoms with Gasteiger partial charge in [0.15, 0.2) is 0 Å². The summed E-state index contributed by atoms with van der Waals surface area (Å²) in [7, 11) is 5.73. The van der Waals surface area contributed by atoms with Crippen LogP contribution in [0.2, 0.25) is 0 Å². The fraction of sp³-hybridized carbons (Fsp3) is 0.600. The van der Waals surface area contributed by atoms with E-state index in [2.05, 4.69) is 18.7 Å². The molecule has 2 N–H and O–H groups in total. The van der Waals surface area contributed by atoms with E-state index >= 15 is 0 Å². The summed E-state index contributed by atoms with van der Waals surface area (Å²) in [5, 5.41) is 0. The Bertz CT molecular complexity index is 415. The largest absolute Gasteiger partial charge is 0.496 e. The molecule has 0 spiro atoms. The van der Waals surface area contributed by atoms with Crippen LogP contribution in [0.4, 0.5) is 0 Å². The average Bonchev–Trinajstić information content (AvgIpc) is 2.35. The summed E-state index contributed by atoms with van der Waals surface area (Å²) < 4.78 is 11.3. The molecule has 4 nitrogen and oxygen atoms in total. The van der Waals surface area contributed by atoms with Crippen molar-refractivity contribution in [3.63, 3.8) is 0 Å². The number of hydrogen-bond acceptors (Lipinski definition) is 4. The average molecular weight is 266 g/mol. The highest BCUT2D eigenvalue weighted by Crippen LogP contribution is 2.33. The smallest absolute Gasteiger partial charge is 0.127 e. The molecule has 1 aromatic rings. The zero-order valence-corrected chi connectivity index (χ0v) is 12.9. The summed E-state index contributed by atoms with van der Waals surface area (Å²) in [6.45, 7) is 6.80. The van der Waals surface area contributed by atoms with Crippen molar-refractivity contribution in [3.05, 3.63) is 23.8 Å². The monoisotopic (exact) mass is 266 g/mol. The third-order valence-electron chi connectivity index (χ3n) is 3.49. The summed E-state index contributed by atoms with van der Waals surface area (Å²) in [6.07, 6.45) is 0. The van der Waals surface area contributed by atoms with Gasteiger partial charge in [-0.2, -0.15) is 0 Å². The van der Waals surface area contributed by atoms with Crippen molar-refractivity contribution < 1.29 is 9.47 Å². The van der Waals surface area contributed by atoms with Gasteiger partial charge in [-0.15, -0.1) is 0 Å². The lowest BCUT2D eigenvalue weighted by Gasteiger charge is -2.32. The zero-order valence-electron chi connectivity index (χ0n) is 12.9. The highest BCUT2D eigenvalue weighted by atomic mass is 16.5. The molecule has 19 heavy (non-hydrogen) atoms.